The predicted octanol–water partition coefficient (Wildman–Crippen LogP) is 5.32. The summed E-state index contributed by atoms with van der Waals surface area (Å²) in [4.78, 5) is 18.6. The lowest BCUT2D eigenvalue weighted by atomic mass is 10.0. The summed E-state index contributed by atoms with van der Waals surface area (Å²) in [5.74, 6) is 2.11. The molecule has 0 spiro atoms. The van der Waals surface area contributed by atoms with Crippen molar-refractivity contribution in [1.82, 2.24) is 24.4 Å². The third-order valence-electron chi connectivity index (χ3n) is 6.49. The summed E-state index contributed by atoms with van der Waals surface area (Å²) >= 11 is 1.31. The van der Waals surface area contributed by atoms with Crippen molar-refractivity contribution in [3.8, 4) is 39.8 Å². The Morgan fingerprint density at radius 2 is 1.75 bits per heavy atom. The number of aryl methyl sites for hydroxylation is 1. The number of nitrogens with zero attached hydrogens (tertiary/aromatic N) is 5. The Hall–Kier alpha value is -4.76. The molecule has 0 saturated carbocycles. The lowest BCUT2D eigenvalue weighted by molar-refractivity contribution is 0.317. The molecule has 0 aliphatic heterocycles. The summed E-state index contributed by atoms with van der Waals surface area (Å²) in [6.07, 6.45) is 4.75. The molecule has 0 fully saturated rings. The minimum absolute atomic E-state index is 0.217. The zero-order valence-corrected chi connectivity index (χ0v) is 23.2. The average molecular weight is 550 g/mol. The standard InChI is InChI=1S/C31H27N5O3S/c1-4-16-39-25-13-10-21(11-14-25)29-32-31-36(34-29)30(37)27(40-31)18-23-19-35(24-8-6-5-7-9-24)33-28(23)22-12-15-26(38-3)20(2)17-22/h5-15,17-19H,4,16H2,1-3H3/b27-18-. The van der Waals surface area contributed by atoms with Crippen molar-refractivity contribution in [1.29, 1.82) is 0 Å². The van der Waals surface area contributed by atoms with Crippen molar-refractivity contribution >= 4 is 22.4 Å². The van der Waals surface area contributed by atoms with Crippen LogP contribution < -0.4 is 19.6 Å². The maximum absolute atomic E-state index is 13.4. The first kappa shape index (κ1) is 25.5. The van der Waals surface area contributed by atoms with Crippen LogP contribution in [0, 0.1) is 6.92 Å². The Bertz CT molecular complexity index is 1910. The largest absolute Gasteiger partial charge is 0.496 e. The quantitative estimate of drug-likeness (QED) is 0.255. The van der Waals surface area contributed by atoms with E-state index < -0.39 is 0 Å². The molecule has 3 heterocycles. The molecule has 6 rings (SSSR count). The molecule has 40 heavy (non-hydrogen) atoms. The number of methoxy groups -OCH3 is 1. The zero-order chi connectivity index (χ0) is 27.6. The Balaban J connectivity index is 1.41. The molecule has 9 heteroatoms. The van der Waals surface area contributed by atoms with Gasteiger partial charge in [0, 0.05) is 22.9 Å². The van der Waals surface area contributed by atoms with E-state index in [9.17, 15) is 4.79 Å². The second-order valence-electron chi connectivity index (χ2n) is 9.32. The van der Waals surface area contributed by atoms with Crippen LogP contribution in [-0.4, -0.2) is 38.1 Å². The van der Waals surface area contributed by atoms with Crippen molar-refractivity contribution < 1.29 is 9.47 Å². The smallest absolute Gasteiger partial charge is 0.291 e. The Morgan fingerprint density at radius 3 is 2.45 bits per heavy atom. The number of hydrogen-bond donors (Lipinski definition) is 0. The fourth-order valence-corrected chi connectivity index (χ4v) is 5.37. The molecule has 0 unspecified atom stereocenters. The van der Waals surface area contributed by atoms with E-state index in [-0.39, 0.29) is 5.56 Å². The van der Waals surface area contributed by atoms with Crippen LogP contribution in [0.4, 0.5) is 0 Å². The van der Waals surface area contributed by atoms with Crippen molar-refractivity contribution in [2.24, 2.45) is 0 Å². The van der Waals surface area contributed by atoms with Crippen LogP contribution in [0.3, 0.4) is 0 Å². The summed E-state index contributed by atoms with van der Waals surface area (Å²) in [6.45, 7) is 4.73. The zero-order valence-electron chi connectivity index (χ0n) is 22.4. The van der Waals surface area contributed by atoms with Gasteiger partial charge in [0.2, 0.25) is 4.96 Å². The van der Waals surface area contributed by atoms with E-state index in [1.807, 2.05) is 96.7 Å². The Labute approximate surface area is 234 Å². The Morgan fingerprint density at radius 1 is 0.975 bits per heavy atom. The van der Waals surface area contributed by atoms with Gasteiger partial charge in [-0.25, -0.2) is 4.68 Å². The van der Waals surface area contributed by atoms with Gasteiger partial charge >= 0.3 is 0 Å². The molecule has 8 nitrogen and oxygen atoms in total. The number of benzene rings is 3. The maximum atomic E-state index is 13.4. The van der Waals surface area contributed by atoms with Crippen LogP contribution in [0.25, 0.3) is 39.4 Å². The van der Waals surface area contributed by atoms with Gasteiger partial charge in [0.1, 0.15) is 17.2 Å². The first-order valence-corrected chi connectivity index (χ1v) is 13.8. The molecular weight excluding hydrogens is 522 g/mol. The fourth-order valence-electron chi connectivity index (χ4n) is 4.47. The van der Waals surface area contributed by atoms with E-state index in [2.05, 4.69) is 17.0 Å². The SMILES string of the molecule is CCCOc1ccc(-c2nc3s/c(=C\c4cn(-c5ccccc5)nc4-c4ccc(OC)c(C)c4)c(=O)n3n2)cc1. The second-order valence-corrected chi connectivity index (χ2v) is 10.3. The molecule has 0 aliphatic carbocycles. The highest BCUT2D eigenvalue weighted by Crippen LogP contribution is 2.29. The minimum Gasteiger partial charge on any atom is -0.496 e. The summed E-state index contributed by atoms with van der Waals surface area (Å²) in [7, 11) is 1.66. The van der Waals surface area contributed by atoms with Crippen molar-refractivity contribution in [3.05, 3.63) is 105 Å². The molecule has 3 aromatic carbocycles. The van der Waals surface area contributed by atoms with Crippen LogP contribution in [-0.2, 0) is 0 Å². The van der Waals surface area contributed by atoms with E-state index in [1.54, 1.807) is 7.11 Å². The van der Waals surface area contributed by atoms with E-state index >= 15 is 0 Å². The van der Waals surface area contributed by atoms with Gasteiger partial charge in [-0.3, -0.25) is 4.79 Å². The second kappa shape index (κ2) is 10.8. The molecule has 0 N–H and O–H groups in total. The van der Waals surface area contributed by atoms with Crippen LogP contribution >= 0.6 is 11.3 Å². The number of hydrogen-bond acceptors (Lipinski definition) is 7. The van der Waals surface area contributed by atoms with Crippen molar-refractivity contribution in [2.75, 3.05) is 13.7 Å². The number of aromatic nitrogens is 5. The normalized spacial score (nSPS) is 11.8. The number of para-hydroxylation sites is 1. The van der Waals surface area contributed by atoms with E-state index in [4.69, 9.17) is 14.6 Å². The Kier molecular flexibility index (Phi) is 6.88. The third kappa shape index (κ3) is 4.87. The molecule has 0 atom stereocenters. The van der Waals surface area contributed by atoms with E-state index in [0.717, 1.165) is 51.6 Å². The lowest BCUT2D eigenvalue weighted by Crippen LogP contribution is -2.23. The summed E-state index contributed by atoms with van der Waals surface area (Å²) in [5, 5.41) is 9.40. The van der Waals surface area contributed by atoms with Gasteiger partial charge < -0.3 is 9.47 Å². The van der Waals surface area contributed by atoms with Crippen molar-refractivity contribution in [3.63, 3.8) is 0 Å². The first-order valence-electron chi connectivity index (χ1n) is 13.0. The number of ether oxygens (including phenoxy) is 2. The first-order chi connectivity index (χ1) is 19.5. The lowest BCUT2D eigenvalue weighted by Gasteiger charge is -2.06. The maximum Gasteiger partial charge on any atom is 0.291 e. The van der Waals surface area contributed by atoms with Crippen LogP contribution in [0.2, 0.25) is 0 Å². The molecule has 3 aromatic heterocycles. The van der Waals surface area contributed by atoms with Gasteiger partial charge in [-0.1, -0.05) is 36.5 Å². The van der Waals surface area contributed by atoms with Gasteiger partial charge in [-0.15, -0.1) is 5.10 Å². The number of rotatable bonds is 8. The topological polar surface area (TPSA) is 83.5 Å². The molecule has 0 amide bonds. The van der Waals surface area contributed by atoms with Gasteiger partial charge in [-0.2, -0.15) is 14.6 Å². The van der Waals surface area contributed by atoms with Crippen LogP contribution in [0.1, 0.15) is 24.5 Å². The number of thiazole rings is 1. The monoisotopic (exact) mass is 549 g/mol. The predicted molar refractivity (Wildman–Crippen MR) is 157 cm³/mol. The molecule has 200 valence electrons. The van der Waals surface area contributed by atoms with Gasteiger partial charge in [0.25, 0.3) is 5.56 Å². The summed E-state index contributed by atoms with van der Waals surface area (Å²) in [5.41, 5.74) is 5.05. The summed E-state index contributed by atoms with van der Waals surface area (Å²) < 4.78 is 14.8. The molecule has 0 aliphatic rings. The molecular formula is C31H27N5O3S. The highest BCUT2D eigenvalue weighted by molar-refractivity contribution is 7.15. The van der Waals surface area contributed by atoms with E-state index in [1.165, 1.54) is 15.9 Å². The van der Waals surface area contributed by atoms with Crippen LogP contribution in [0.15, 0.2) is 83.8 Å². The van der Waals surface area contributed by atoms with Gasteiger partial charge in [-0.05, 0) is 79.6 Å². The molecule has 6 aromatic rings. The summed E-state index contributed by atoms with van der Waals surface area (Å²) in [6, 6.07) is 23.4. The van der Waals surface area contributed by atoms with Crippen molar-refractivity contribution in [2.45, 2.75) is 20.3 Å². The van der Waals surface area contributed by atoms with Gasteiger partial charge in [0.05, 0.1) is 23.9 Å². The highest BCUT2D eigenvalue weighted by atomic mass is 32.1. The van der Waals surface area contributed by atoms with Crippen LogP contribution in [0.5, 0.6) is 11.5 Å². The van der Waals surface area contributed by atoms with Gasteiger partial charge in [0.15, 0.2) is 5.82 Å². The molecule has 0 radical (unpaired) electrons. The molecule has 0 bridgehead atoms. The average Bonchev–Trinajstić information content (AvgIpc) is 3.67. The fraction of sp³-hybridized carbons (Fsp3) is 0.161. The minimum atomic E-state index is -0.217. The molecule has 0 saturated heterocycles. The van der Waals surface area contributed by atoms with E-state index in [0.29, 0.717) is 21.9 Å². The number of fused-ring (bicyclic) bond motifs is 1. The third-order valence-corrected chi connectivity index (χ3v) is 7.44. The highest BCUT2D eigenvalue weighted by Gasteiger charge is 2.16.